The quantitative estimate of drug-likeness (QED) is 0.0819. The van der Waals surface area contributed by atoms with E-state index in [-0.39, 0.29) is 17.2 Å². The molecule has 5 aromatic carbocycles. The summed E-state index contributed by atoms with van der Waals surface area (Å²) >= 11 is 1.32. The molecule has 3 amide bonds. The number of para-hydroxylation sites is 1. The number of anilines is 2. The van der Waals surface area contributed by atoms with E-state index in [9.17, 15) is 24.3 Å². The number of hydrogen-bond acceptors (Lipinski definition) is 6. The summed E-state index contributed by atoms with van der Waals surface area (Å²) in [5, 5.41) is 17.0. The van der Waals surface area contributed by atoms with Crippen molar-refractivity contribution in [3.05, 3.63) is 161 Å². The van der Waals surface area contributed by atoms with Gasteiger partial charge in [0.05, 0.1) is 12.7 Å². The number of thioether (sulfide) groups is 1. The summed E-state index contributed by atoms with van der Waals surface area (Å²) < 4.78 is 5.43. The zero-order chi connectivity index (χ0) is 33.9. The molecule has 0 aromatic heterocycles. The minimum atomic E-state index is -1.05. The topological polar surface area (TPSA) is 134 Å². The van der Waals surface area contributed by atoms with Gasteiger partial charge in [0.1, 0.15) is 16.7 Å². The number of ether oxygens (including phenoxy) is 1. The standard InChI is InChI=1S/C38H31N3O6S/c1-47-33-15-9-8-14-28(33)24-32(41-35(42)26-12-6-3-7-13-26)36(43)39-30-20-22-31(23-21-30)48-34(25-10-4-2-5-11-25)37(44)40-29-18-16-27(17-19-29)38(45)46/h2-24,34H,1H3,(H,39,43)(H,40,44)(H,41,42)(H,45,46)/b32-24-. The van der Waals surface area contributed by atoms with Gasteiger partial charge < -0.3 is 25.8 Å². The van der Waals surface area contributed by atoms with Crippen molar-refractivity contribution < 1.29 is 29.0 Å². The number of carboxylic acid groups (broad SMARTS) is 1. The molecule has 0 aliphatic rings. The highest BCUT2D eigenvalue weighted by atomic mass is 32.2. The fourth-order valence-corrected chi connectivity index (χ4v) is 5.66. The Morgan fingerprint density at radius 1 is 0.688 bits per heavy atom. The molecule has 240 valence electrons. The third kappa shape index (κ3) is 8.77. The smallest absolute Gasteiger partial charge is 0.335 e. The second kappa shape index (κ2) is 15.9. The van der Waals surface area contributed by atoms with Gasteiger partial charge in [-0.05, 0) is 78.4 Å². The Morgan fingerprint density at radius 2 is 1.27 bits per heavy atom. The number of amides is 3. The lowest BCUT2D eigenvalue weighted by molar-refractivity contribution is -0.116. The number of methoxy groups -OCH3 is 1. The minimum Gasteiger partial charge on any atom is -0.496 e. The number of carbonyl (C=O) groups is 4. The monoisotopic (exact) mass is 657 g/mol. The summed E-state index contributed by atoms with van der Waals surface area (Å²) in [5.41, 5.74) is 2.86. The number of hydrogen-bond donors (Lipinski definition) is 4. The Balaban J connectivity index is 1.33. The molecule has 5 rings (SSSR count). The van der Waals surface area contributed by atoms with Crippen LogP contribution in [0.2, 0.25) is 0 Å². The molecule has 48 heavy (non-hydrogen) atoms. The van der Waals surface area contributed by atoms with Crippen molar-refractivity contribution in [2.24, 2.45) is 0 Å². The Bertz CT molecular complexity index is 1930. The molecule has 1 atom stereocenters. The highest BCUT2D eigenvalue weighted by molar-refractivity contribution is 8.00. The lowest BCUT2D eigenvalue weighted by Gasteiger charge is -2.18. The lowest BCUT2D eigenvalue weighted by Crippen LogP contribution is -2.30. The molecule has 4 N–H and O–H groups in total. The first-order valence-electron chi connectivity index (χ1n) is 14.8. The molecule has 0 bridgehead atoms. The first kappa shape index (κ1) is 33.2. The molecule has 0 spiro atoms. The predicted molar refractivity (Wildman–Crippen MR) is 187 cm³/mol. The average molecular weight is 658 g/mol. The van der Waals surface area contributed by atoms with Crippen LogP contribution in [-0.2, 0) is 9.59 Å². The van der Waals surface area contributed by atoms with E-state index < -0.39 is 23.0 Å². The predicted octanol–water partition coefficient (Wildman–Crippen LogP) is 7.28. The fraction of sp³-hybridized carbons (Fsp3) is 0.0526. The zero-order valence-corrected chi connectivity index (χ0v) is 26.6. The van der Waals surface area contributed by atoms with Gasteiger partial charge in [0.2, 0.25) is 5.91 Å². The van der Waals surface area contributed by atoms with Crippen molar-refractivity contribution >= 4 is 52.9 Å². The second-order valence-electron chi connectivity index (χ2n) is 10.4. The van der Waals surface area contributed by atoms with Crippen LogP contribution in [0.1, 0.15) is 37.1 Å². The summed E-state index contributed by atoms with van der Waals surface area (Å²) in [6.07, 6.45) is 1.55. The van der Waals surface area contributed by atoms with Gasteiger partial charge >= 0.3 is 5.97 Å². The molecule has 10 heteroatoms. The van der Waals surface area contributed by atoms with Gasteiger partial charge in [-0.15, -0.1) is 11.8 Å². The molecule has 1 unspecified atom stereocenters. The van der Waals surface area contributed by atoms with E-state index in [0.717, 1.165) is 10.5 Å². The molecule has 0 fully saturated rings. The van der Waals surface area contributed by atoms with E-state index >= 15 is 0 Å². The van der Waals surface area contributed by atoms with Crippen LogP contribution in [0.4, 0.5) is 11.4 Å². The van der Waals surface area contributed by atoms with Crippen LogP contribution in [0, 0.1) is 0 Å². The van der Waals surface area contributed by atoms with Crippen molar-refractivity contribution in [2.75, 3.05) is 17.7 Å². The maximum absolute atomic E-state index is 13.5. The largest absolute Gasteiger partial charge is 0.496 e. The van der Waals surface area contributed by atoms with Crippen LogP contribution in [-0.4, -0.2) is 35.9 Å². The Hall–Kier alpha value is -6.13. The lowest BCUT2D eigenvalue weighted by atomic mass is 10.1. The molecule has 5 aromatic rings. The zero-order valence-electron chi connectivity index (χ0n) is 25.8. The molecule has 9 nitrogen and oxygen atoms in total. The van der Waals surface area contributed by atoms with Gasteiger partial charge in [0.25, 0.3) is 11.8 Å². The normalized spacial score (nSPS) is 11.6. The number of nitrogens with one attached hydrogen (secondary N) is 3. The van der Waals surface area contributed by atoms with Crippen LogP contribution in [0.3, 0.4) is 0 Å². The number of carbonyl (C=O) groups excluding carboxylic acids is 3. The van der Waals surface area contributed by atoms with Gasteiger partial charge in [-0.25, -0.2) is 4.79 Å². The Kier molecular flexibility index (Phi) is 11.0. The van der Waals surface area contributed by atoms with E-state index in [1.807, 2.05) is 36.4 Å². The van der Waals surface area contributed by atoms with Crippen molar-refractivity contribution in [3.63, 3.8) is 0 Å². The number of benzene rings is 5. The highest BCUT2D eigenvalue weighted by Crippen LogP contribution is 2.37. The van der Waals surface area contributed by atoms with Gasteiger partial charge in [0.15, 0.2) is 0 Å². The van der Waals surface area contributed by atoms with Crippen LogP contribution in [0.5, 0.6) is 5.75 Å². The maximum atomic E-state index is 13.5. The van der Waals surface area contributed by atoms with Gasteiger partial charge in [0, 0.05) is 27.4 Å². The molecule has 0 heterocycles. The van der Waals surface area contributed by atoms with E-state index in [1.165, 1.54) is 31.0 Å². The van der Waals surface area contributed by atoms with Crippen LogP contribution in [0.25, 0.3) is 6.08 Å². The van der Waals surface area contributed by atoms with Crippen LogP contribution >= 0.6 is 11.8 Å². The van der Waals surface area contributed by atoms with Crippen molar-refractivity contribution in [3.8, 4) is 5.75 Å². The summed E-state index contributed by atoms with van der Waals surface area (Å²) in [6, 6.07) is 38.0. The Morgan fingerprint density at radius 3 is 1.92 bits per heavy atom. The van der Waals surface area contributed by atoms with Gasteiger partial charge in [-0.3, -0.25) is 14.4 Å². The SMILES string of the molecule is COc1ccccc1/C=C(\NC(=O)c1ccccc1)C(=O)Nc1ccc(SC(C(=O)Nc2ccc(C(=O)O)cc2)c2ccccc2)cc1. The molecular weight excluding hydrogens is 626 g/mol. The minimum absolute atomic E-state index is 0.0176. The van der Waals surface area contributed by atoms with Crippen molar-refractivity contribution in [2.45, 2.75) is 10.1 Å². The maximum Gasteiger partial charge on any atom is 0.335 e. The third-order valence-corrected chi connectivity index (χ3v) is 8.34. The first-order chi connectivity index (χ1) is 23.3. The number of rotatable bonds is 12. The molecule has 0 saturated carbocycles. The Labute approximate surface area is 281 Å². The summed E-state index contributed by atoms with van der Waals surface area (Å²) in [5.74, 6) is -1.78. The third-order valence-electron chi connectivity index (χ3n) is 7.07. The van der Waals surface area contributed by atoms with Crippen LogP contribution < -0.4 is 20.7 Å². The summed E-state index contributed by atoms with van der Waals surface area (Å²) in [7, 11) is 1.53. The molecule has 0 aliphatic heterocycles. The van der Waals surface area contributed by atoms with Crippen molar-refractivity contribution in [1.29, 1.82) is 0 Å². The van der Waals surface area contributed by atoms with Gasteiger partial charge in [-0.1, -0.05) is 66.7 Å². The summed E-state index contributed by atoms with van der Waals surface area (Å²) in [4.78, 5) is 52.0. The van der Waals surface area contributed by atoms with E-state index in [0.29, 0.717) is 28.3 Å². The molecule has 0 aliphatic carbocycles. The molecule has 0 radical (unpaired) electrons. The van der Waals surface area contributed by atoms with E-state index in [2.05, 4.69) is 16.0 Å². The fourth-order valence-electron chi connectivity index (χ4n) is 4.64. The van der Waals surface area contributed by atoms with E-state index in [4.69, 9.17) is 4.74 Å². The molecular formula is C38H31N3O6S. The summed E-state index contributed by atoms with van der Waals surface area (Å²) in [6.45, 7) is 0. The second-order valence-corrected chi connectivity index (χ2v) is 11.6. The van der Waals surface area contributed by atoms with Crippen LogP contribution in [0.15, 0.2) is 144 Å². The number of aromatic carboxylic acids is 1. The molecule has 0 saturated heterocycles. The van der Waals surface area contributed by atoms with Gasteiger partial charge in [-0.2, -0.15) is 0 Å². The average Bonchev–Trinajstić information content (AvgIpc) is 3.12. The highest BCUT2D eigenvalue weighted by Gasteiger charge is 2.23. The number of carboxylic acids is 1. The van der Waals surface area contributed by atoms with Crippen molar-refractivity contribution in [1.82, 2.24) is 5.32 Å². The van der Waals surface area contributed by atoms with E-state index in [1.54, 1.807) is 91.0 Å². The first-order valence-corrected chi connectivity index (χ1v) is 15.7.